The van der Waals surface area contributed by atoms with Crippen molar-refractivity contribution in [1.29, 1.82) is 0 Å². The lowest BCUT2D eigenvalue weighted by molar-refractivity contribution is -0.122. The van der Waals surface area contributed by atoms with Gasteiger partial charge >= 0.3 is 0 Å². The van der Waals surface area contributed by atoms with Gasteiger partial charge in [0.25, 0.3) is 0 Å². The minimum absolute atomic E-state index is 0.192. The Morgan fingerprint density at radius 3 is 2.62 bits per heavy atom. The SMILES string of the molecule is NC1CCC(NC(=O)CCCc2ccc3c(c2)-c2ccccc2C3)CC1. The molecule has 3 nitrogen and oxygen atoms in total. The average Bonchev–Trinajstić information content (AvgIpc) is 3.02. The van der Waals surface area contributed by atoms with E-state index in [0.717, 1.165) is 44.9 Å². The summed E-state index contributed by atoms with van der Waals surface area (Å²) in [6.45, 7) is 0. The standard InChI is InChI=1S/C23H28N2O/c24-19-10-12-20(13-11-19)25-23(26)7-3-4-16-8-9-18-15-17-5-1-2-6-21(17)22(18)14-16/h1-2,5-6,8-9,14,19-20H,3-4,7,10-13,15,24H2,(H,25,26). The molecule has 0 aliphatic heterocycles. The highest BCUT2D eigenvalue weighted by Gasteiger charge is 2.20. The summed E-state index contributed by atoms with van der Waals surface area (Å²) < 4.78 is 0. The number of carbonyl (C=O) groups is 1. The lowest BCUT2D eigenvalue weighted by atomic mass is 9.91. The van der Waals surface area contributed by atoms with Crippen LogP contribution in [0.4, 0.5) is 0 Å². The summed E-state index contributed by atoms with van der Waals surface area (Å²) in [7, 11) is 0. The predicted molar refractivity (Wildman–Crippen MR) is 106 cm³/mol. The average molecular weight is 348 g/mol. The Bertz CT molecular complexity index is 791. The molecule has 0 heterocycles. The van der Waals surface area contributed by atoms with E-state index in [1.165, 1.54) is 27.8 Å². The molecule has 136 valence electrons. The number of aryl methyl sites for hydroxylation is 1. The van der Waals surface area contributed by atoms with Crippen molar-refractivity contribution < 1.29 is 4.79 Å². The molecule has 0 radical (unpaired) electrons. The van der Waals surface area contributed by atoms with E-state index in [4.69, 9.17) is 5.73 Å². The molecule has 0 aromatic heterocycles. The molecule has 0 spiro atoms. The van der Waals surface area contributed by atoms with Gasteiger partial charge in [0.2, 0.25) is 5.91 Å². The fourth-order valence-corrected chi connectivity index (χ4v) is 4.34. The van der Waals surface area contributed by atoms with Crippen LogP contribution in [0.15, 0.2) is 42.5 Å². The van der Waals surface area contributed by atoms with Crippen LogP contribution in [-0.2, 0) is 17.6 Å². The van der Waals surface area contributed by atoms with E-state index in [2.05, 4.69) is 47.8 Å². The molecule has 2 aromatic rings. The number of nitrogens with two attached hydrogens (primary N) is 1. The molecule has 3 N–H and O–H groups in total. The van der Waals surface area contributed by atoms with Gasteiger partial charge in [-0.2, -0.15) is 0 Å². The molecule has 26 heavy (non-hydrogen) atoms. The van der Waals surface area contributed by atoms with Gasteiger partial charge in [0, 0.05) is 18.5 Å². The Hall–Kier alpha value is -2.13. The number of hydrogen-bond donors (Lipinski definition) is 2. The largest absolute Gasteiger partial charge is 0.353 e. The van der Waals surface area contributed by atoms with E-state index in [-0.39, 0.29) is 5.91 Å². The number of hydrogen-bond acceptors (Lipinski definition) is 2. The first-order chi connectivity index (χ1) is 12.7. The van der Waals surface area contributed by atoms with Crippen LogP contribution in [0.3, 0.4) is 0 Å². The van der Waals surface area contributed by atoms with Crippen LogP contribution in [0.2, 0.25) is 0 Å². The van der Waals surface area contributed by atoms with Crippen molar-refractivity contribution >= 4 is 5.91 Å². The molecule has 1 amide bonds. The van der Waals surface area contributed by atoms with Gasteiger partial charge in [-0.15, -0.1) is 0 Å². The van der Waals surface area contributed by atoms with Crippen LogP contribution in [-0.4, -0.2) is 18.0 Å². The first-order valence-electron chi connectivity index (χ1n) is 9.94. The molecule has 4 rings (SSSR count). The van der Waals surface area contributed by atoms with Crippen molar-refractivity contribution in [2.24, 2.45) is 5.73 Å². The summed E-state index contributed by atoms with van der Waals surface area (Å²) in [4.78, 5) is 12.2. The van der Waals surface area contributed by atoms with Gasteiger partial charge in [-0.25, -0.2) is 0 Å². The normalized spacial score (nSPS) is 21.1. The van der Waals surface area contributed by atoms with Gasteiger partial charge in [-0.3, -0.25) is 4.79 Å². The summed E-state index contributed by atoms with van der Waals surface area (Å²) in [6.07, 6.45) is 7.61. The third-order valence-electron chi connectivity index (χ3n) is 5.87. The molecule has 0 saturated heterocycles. The molecular weight excluding hydrogens is 320 g/mol. The Labute approximate surface area is 156 Å². The van der Waals surface area contributed by atoms with Crippen molar-refractivity contribution in [3.05, 3.63) is 59.2 Å². The van der Waals surface area contributed by atoms with Crippen LogP contribution >= 0.6 is 0 Å². The molecule has 1 fully saturated rings. The van der Waals surface area contributed by atoms with Crippen LogP contribution in [0.25, 0.3) is 11.1 Å². The number of carbonyl (C=O) groups excluding carboxylic acids is 1. The number of amides is 1. The fourth-order valence-electron chi connectivity index (χ4n) is 4.34. The lowest BCUT2D eigenvalue weighted by Gasteiger charge is -2.26. The van der Waals surface area contributed by atoms with Gasteiger partial charge in [-0.1, -0.05) is 42.5 Å². The summed E-state index contributed by atoms with van der Waals surface area (Å²) in [6, 6.07) is 16.1. The minimum atomic E-state index is 0.192. The Kier molecular flexibility index (Phi) is 5.07. The zero-order chi connectivity index (χ0) is 17.9. The van der Waals surface area contributed by atoms with Crippen LogP contribution in [0.5, 0.6) is 0 Å². The van der Waals surface area contributed by atoms with Crippen molar-refractivity contribution in [2.45, 2.75) is 63.5 Å². The van der Waals surface area contributed by atoms with Crippen molar-refractivity contribution in [3.8, 4) is 11.1 Å². The molecule has 3 heteroatoms. The molecule has 1 saturated carbocycles. The quantitative estimate of drug-likeness (QED) is 0.733. The third kappa shape index (κ3) is 3.83. The summed E-state index contributed by atoms with van der Waals surface area (Å²) in [5, 5.41) is 3.19. The first kappa shape index (κ1) is 17.3. The molecule has 0 atom stereocenters. The second-order valence-corrected chi connectivity index (χ2v) is 7.86. The fraction of sp³-hybridized carbons (Fsp3) is 0.435. The highest BCUT2D eigenvalue weighted by molar-refractivity contribution is 5.77. The van der Waals surface area contributed by atoms with Crippen LogP contribution in [0.1, 0.15) is 55.2 Å². The maximum atomic E-state index is 12.2. The molecular formula is C23H28N2O. The molecule has 0 unspecified atom stereocenters. The number of benzene rings is 2. The summed E-state index contributed by atoms with van der Waals surface area (Å²) in [5.41, 5.74) is 12.8. The molecule has 2 aromatic carbocycles. The van der Waals surface area contributed by atoms with Crippen molar-refractivity contribution in [2.75, 3.05) is 0 Å². The van der Waals surface area contributed by atoms with E-state index in [0.29, 0.717) is 18.5 Å². The number of rotatable bonds is 5. The lowest BCUT2D eigenvalue weighted by Crippen LogP contribution is -2.40. The Morgan fingerprint density at radius 1 is 1.00 bits per heavy atom. The monoisotopic (exact) mass is 348 g/mol. The van der Waals surface area contributed by atoms with Crippen molar-refractivity contribution in [3.63, 3.8) is 0 Å². The molecule has 0 bridgehead atoms. The zero-order valence-electron chi connectivity index (χ0n) is 15.3. The van der Waals surface area contributed by atoms with Gasteiger partial charge in [-0.05, 0) is 72.8 Å². The topological polar surface area (TPSA) is 55.1 Å². The van der Waals surface area contributed by atoms with Gasteiger partial charge in [0.15, 0.2) is 0 Å². The first-order valence-corrected chi connectivity index (χ1v) is 9.94. The Morgan fingerprint density at radius 2 is 1.77 bits per heavy atom. The van der Waals surface area contributed by atoms with E-state index >= 15 is 0 Å². The predicted octanol–water partition coefficient (Wildman–Crippen LogP) is 3.97. The smallest absolute Gasteiger partial charge is 0.220 e. The highest BCUT2D eigenvalue weighted by atomic mass is 16.1. The van der Waals surface area contributed by atoms with Gasteiger partial charge in [0.05, 0.1) is 0 Å². The maximum Gasteiger partial charge on any atom is 0.220 e. The summed E-state index contributed by atoms with van der Waals surface area (Å²) in [5.74, 6) is 0.192. The van der Waals surface area contributed by atoms with Gasteiger partial charge < -0.3 is 11.1 Å². The second-order valence-electron chi connectivity index (χ2n) is 7.86. The van der Waals surface area contributed by atoms with Crippen LogP contribution in [0, 0.1) is 0 Å². The maximum absolute atomic E-state index is 12.2. The molecule has 2 aliphatic rings. The highest BCUT2D eigenvalue weighted by Crippen LogP contribution is 2.37. The second kappa shape index (κ2) is 7.63. The summed E-state index contributed by atoms with van der Waals surface area (Å²) >= 11 is 0. The number of fused-ring (bicyclic) bond motifs is 3. The number of nitrogens with one attached hydrogen (secondary N) is 1. The van der Waals surface area contributed by atoms with E-state index < -0.39 is 0 Å². The minimum Gasteiger partial charge on any atom is -0.353 e. The molecule has 2 aliphatic carbocycles. The third-order valence-corrected chi connectivity index (χ3v) is 5.87. The van der Waals surface area contributed by atoms with E-state index in [1.54, 1.807) is 0 Å². The van der Waals surface area contributed by atoms with E-state index in [9.17, 15) is 4.79 Å². The van der Waals surface area contributed by atoms with Crippen LogP contribution < -0.4 is 11.1 Å². The van der Waals surface area contributed by atoms with E-state index in [1.807, 2.05) is 0 Å². The zero-order valence-corrected chi connectivity index (χ0v) is 15.3. The van der Waals surface area contributed by atoms with Crippen molar-refractivity contribution in [1.82, 2.24) is 5.32 Å². The van der Waals surface area contributed by atoms with Gasteiger partial charge in [0.1, 0.15) is 0 Å². The Balaban J connectivity index is 1.29.